The summed E-state index contributed by atoms with van der Waals surface area (Å²) in [5, 5.41) is 8.15. The smallest absolute Gasteiger partial charge is 0.255 e. The molecule has 3 rings (SSSR count). The maximum absolute atomic E-state index is 13.1. The number of ether oxygens (including phenoxy) is 1. The van der Waals surface area contributed by atoms with Crippen molar-refractivity contribution in [2.24, 2.45) is 5.41 Å². The lowest BCUT2D eigenvalue weighted by molar-refractivity contribution is 0.0522. The summed E-state index contributed by atoms with van der Waals surface area (Å²) in [6, 6.07) is 6.28. The van der Waals surface area contributed by atoms with Gasteiger partial charge in [0.25, 0.3) is 5.91 Å². The monoisotopic (exact) mass is 395 g/mol. The van der Waals surface area contributed by atoms with Crippen LogP contribution in [0.25, 0.3) is 0 Å². The van der Waals surface area contributed by atoms with Crippen molar-refractivity contribution in [2.45, 2.75) is 45.6 Å². The number of hydrogen-bond donors (Lipinski definition) is 1. The van der Waals surface area contributed by atoms with Crippen LogP contribution in [-0.2, 0) is 17.6 Å². The van der Waals surface area contributed by atoms with Gasteiger partial charge in [0.05, 0.1) is 28.1 Å². The molecule has 0 aromatic carbocycles. The molecule has 0 aliphatic carbocycles. The number of aromatic nitrogens is 2. The van der Waals surface area contributed by atoms with Gasteiger partial charge in [-0.15, -0.1) is 11.3 Å². The second-order valence-corrected chi connectivity index (χ2v) is 9.25. The molecule has 1 aliphatic rings. The summed E-state index contributed by atoms with van der Waals surface area (Å²) in [5.74, 6) is -0.0252. The molecule has 1 aliphatic heterocycles. The third-order valence-corrected chi connectivity index (χ3v) is 6.04. The van der Waals surface area contributed by atoms with E-state index in [9.17, 15) is 4.79 Å². The molecule has 1 N–H and O–H groups in total. The van der Waals surface area contributed by atoms with Gasteiger partial charge in [-0.1, -0.05) is 11.6 Å². The molecule has 142 valence electrons. The number of aryl methyl sites for hydroxylation is 2. The Bertz CT molecular complexity index is 763. The number of carbonyl (C=O) groups excluding carboxylic acids is 1. The largest absolute Gasteiger partial charge is 0.384 e. The van der Waals surface area contributed by atoms with Gasteiger partial charge in [0, 0.05) is 17.7 Å². The predicted molar refractivity (Wildman–Crippen MR) is 105 cm³/mol. The molecule has 7 heteroatoms. The summed E-state index contributed by atoms with van der Waals surface area (Å²) in [5.41, 5.74) is 1.29. The maximum atomic E-state index is 13.1. The van der Waals surface area contributed by atoms with Crippen LogP contribution in [0.15, 0.2) is 18.2 Å². The molecule has 1 fully saturated rings. The Balaban J connectivity index is 1.85. The topological polar surface area (TPSA) is 56.2 Å². The minimum absolute atomic E-state index is 0.0252. The first-order valence-corrected chi connectivity index (χ1v) is 10.2. The van der Waals surface area contributed by atoms with Crippen LogP contribution in [-0.4, -0.2) is 35.9 Å². The highest BCUT2D eigenvalue weighted by molar-refractivity contribution is 7.16. The zero-order valence-corrected chi connectivity index (χ0v) is 17.1. The van der Waals surface area contributed by atoms with Crippen LogP contribution in [0, 0.1) is 5.41 Å². The molecule has 0 saturated carbocycles. The maximum Gasteiger partial charge on any atom is 0.255 e. The van der Waals surface area contributed by atoms with E-state index in [1.165, 1.54) is 4.88 Å². The van der Waals surface area contributed by atoms with Crippen molar-refractivity contribution in [2.75, 3.05) is 20.3 Å². The lowest BCUT2D eigenvalue weighted by atomic mass is 9.93. The standard InChI is InChI=1S/C19H26ClN3O2S/c1-19(2,12-25-3)18(24)23-13(6-7-14-8-9-17(20)26-14)11-16(22-23)15-5-4-10-21-15/h8-9,11,15,21H,4-7,10,12H2,1-3H3. The van der Waals surface area contributed by atoms with E-state index in [0.29, 0.717) is 6.61 Å². The number of thiophene rings is 1. The number of nitrogens with zero attached hydrogens (tertiary/aromatic N) is 2. The van der Waals surface area contributed by atoms with Gasteiger partial charge in [0.1, 0.15) is 0 Å². The lowest BCUT2D eigenvalue weighted by Gasteiger charge is -2.22. The van der Waals surface area contributed by atoms with Crippen molar-refractivity contribution in [3.05, 3.63) is 38.8 Å². The van der Waals surface area contributed by atoms with E-state index in [1.54, 1.807) is 23.1 Å². The fourth-order valence-electron chi connectivity index (χ4n) is 3.35. The molecule has 3 heterocycles. The van der Waals surface area contributed by atoms with E-state index in [-0.39, 0.29) is 11.9 Å². The fourth-order valence-corrected chi connectivity index (χ4v) is 4.44. The second kappa shape index (κ2) is 8.21. The first kappa shape index (κ1) is 19.5. The zero-order valence-electron chi connectivity index (χ0n) is 15.5. The number of carbonyl (C=O) groups is 1. The SMILES string of the molecule is COCC(C)(C)C(=O)n1nc(C2CCCN2)cc1CCc1ccc(Cl)s1. The van der Waals surface area contributed by atoms with Crippen LogP contribution < -0.4 is 5.32 Å². The summed E-state index contributed by atoms with van der Waals surface area (Å²) < 4.78 is 7.63. The van der Waals surface area contributed by atoms with Crippen LogP contribution >= 0.6 is 22.9 Å². The number of hydrogen-bond acceptors (Lipinski definition) is 5. The Morgan fingerprint density at radius 3 is 2.88 bits per heavy atom. The highest BCUT2D eigenvalue weighted by Crippen LogP contribution is 2.27. The Kier molecular flexibility index (Phi) is 6.17. The molecule has 1 unspecified atom stereocenters. The van der Waals surface area contributed by atoms with Crippen molar-refractivity contribution in [1.82, 2.24) is 15.1 Å². The molecule has 5 nitrogen and oxygen atoms in total. The van der Waals surface area contributed by atoms with Crippen molar-refractivity contribution >= 4 is 28.8 Å². The van der Waals surface area contributed by atoms with Crippen LogP contribution in [0.4, 0.5) is 0 Å². The summed E-state index contributed by atoms with van der Waals surface area (Å²) in [6.07, 6.45) is 3.81. The van der Waals surface area contributed by atoms with Gasteiger partial charge in [-0.05, 0) is 64.3 Å². The predicted octanol–water partition coefficient (Wildman–Crippen LogP) is 4.12. The number of halogens is 1. The third-order valence-electron chi connectivity index (χ3n) is 4.75. The number of rotatable bonds is 7. The molecule has 0 amide bonds. The van der Waals surface area contributed by atoms with Gasteiger partial charge in [-0.2, -0.15) is 5.10 Å². The van der Waals surface area contributed by atoms with Gasteiger partial charge < -0.3 is 10.1 Å². The molecule has 2 aromatic rings. The van der Waals surface area contributed by atoms with Crippen LogP contribution in [0.3, 0.4) is 0 Å². The molecule has 26 heavy (non-hydrogen) atoms. The summed E-state index contributed by atoms with van der Waals surface area (Å²) in [6.45, 7) is 5.17. The zero-order chi connectivity index (χ0) is 18.7. The Morgan fingerprint density at radius 2 is 2.27 bits per heavy atom. The van der Waals surface area contributed by atoms with Crippen LogP contribution in [0.5, 0.6) is 0 Å². The van der Waals surface area contributed by atoms with Crippen LogP contribution in [0.2, 0.25) is 4.34 Å². The van der Waals surface area contributed by atoms with Gasteiger partial charge in [-0.25, -0.2) is 4.68 Å². The highest BCUT2D eigenvalue weighted by atomic mass is 35.5. The van der Waals surface area contributed by atoms with Crippen molar-refractivity contribution in [3.63, 3.8) is 0 Å². The minimum Gasteiger partial charge on any atom is -0.384 e. The average molecular weight is 396 g/mol. The van der Waals surface area contributed by atoms with E-state index < -0.39 is 5.41 Å². The van der Waals surface area contributed by atoms with Crippen LogP contribution in [0.1, 0.15) is 53.8 Å². The van der Waals surface area contributed by atoms with Gasteiger partial charge in [0.15, 0.2) is 0 Å². The van der Waals surface area contributed by atoms with Gasteiger partial charge in [-0.3, -0.25) is 4.79 Å². The van der Waals surface area contributed by atoms with Gasteiger partial charge in [0.2, 0.25) is 0 Å². The van der Waals surface area contributed by atoms with E-state index in [1.807, 2.05) is 26.0 Å². The Morgan fingerprint density at radius 1 is 1.46 bits per heavy atom. The van der Waals surface area contributed by atoms with Crippen molar-refractivity contribution in [1.29, 1.82) is 0 Å². The molecule has 0 bridgehead atoms. The molecule has 0 spiro atoms. The molecular formula is C19H26ClN3O2S. The molecule has 1 saturated heterocycles. The van der Waals surface area contributed by atoms with E-state index in [2.05, 4.69) is 16.5 Å². The molecular weight excluding hydrogens is 370 g/mol. The Labute approximate surface area is 163 Å². The molecule has 2 aromatic heterocycles. The molecule has 1 atom stereocenters. The summed E-state index contributed by atoms with van der Waals surface area (Å²) >= 11 is 7.62. The lowest BCUT2D eigenvalue weighted by Crippen LogP contribution is -2.35. The number of methoxy groups -OCH3 is 1. The third kappa shape index (κ3) is 4.36. The first-order chi connectivity index (χ1) is 12.4. The van der Waals surface area contributed by atoms with Crippen molar-refractivity contribution < 1.29 is 9.53 Å². The Hall–Kier alpha value is -1.21. The summed E-state index contributed by atoms with van der Waals surface area (Å²) in [4.78, 5) is 14.3. The normalized spacial score (nSPS) is 17.8. The van der Waals surface area contributed by atoms with Gasteiger partial charge >= 0.3 is 0 Å². The van der Waals surface area contributed by atoms with E-state index in [0.717, 1.165) is 48.0 Å². The van der Waals surface area contributed by atoms with E-state index in [4.69, 9.17) is 16.3 Å². The first-order valence-electron chi connectivity index (χ1n) is 9.01. The quantitative estimate of drug-likeness (QED) is 0.766. The average Bonchev–Trinajstić information content (AvgIpc) is 3.32. The second-order valence-electron chi connectivity index (χ2n) is 7.45. The van der Waals surface area contributed by atoms with E-state index >= 15 is 0 Å². The number of nitrogens with one attached hydrogen (secondary N) is 1. The highest BCUT2D eigenvalue weighted by Gasteiger charge is 2.32. The fraction of sp³-hybridized carbons (Fsp3) is 0.579. The minimum atomic E-state index is -0.623. The van der Waals surface area contributed by atoms with Crippen molar-refractivity contribution in [3.8, 4) is 0 Å². The summed E-state index contributed by atoms with van der Waals surface area (Å²) in [7, 11) is 1.62. The molecule has 0 radical (unpaired) electrons.